The van der Waals surface area contributed by atoms with Crippen LogP contribution in [0.1, 0.15) is 89.5 Å². The monoisotopic (exact) mass is 380 g/mol. The van der Waals surface area contributed by atoms with Crippen LogP contribution in [0.25, 0.3) is 0 Å². The standard InChI is InChI=1S/C22H37ClN2O/c1-3-4-5-6-7-8-9-10-11-12-13-14-18-24-22(26)25-21-19(2)16-15-17-20(21)23/h15-17H,3-14,18H2,1-2H3,(H2,24,25,26). The van der Waals surface area contributed by atoms with Crippen LogP contribution in [0.2, 0.25) is 5.02 Å². The smallest absolute Gasteiger partial charge is 0.319 e. The number of anilines is 1. The number of benzene rings is 1. The highest BCUT2D eigenvalue weighted by Gasteiger charge is 2.07. The second-order valence-corrected chi connectivity index (χ2v) is 7.61. The summed E-state index contributed by atoms with van der Waals surface area (Å²) < 4.78 is 0. The lowest BCUT2D eigenvalue weighted by Crippen LogP contribution is -2.29. The van der Waals surface area contributed by atoms with Crippen molar-refractivity contribution in [2.75, 3.05) is 11.9 Å². The van der Waals surface area contributed by atoms with Gasteiger partial charge in [-0.3, -0.25) is 0 Å². The fourth-order valence-corrected chi connectivity index (χ4v) is 3.38. The molecule has 0 aliphatic rings. The lowest BCUT2D eigenvalue weighted by atomic mass is 10.1. The van der Waals surface area contributed by atoms with Crippen molar-refractivity contribution < 1.29 is 4.79 Å². The number of hydrogen-bond donors (Lipinski definition) is 2. The van der Waals surface area contributed by atoms with Crippen LogP contribution in [-0.2, 0) is 0 Å². The van der Waals surface area contributed by atoms with Gasteiger partial charge in [-0.15, -0.1) is 0 Å². The molecule has 0 saturated heterocycles. The summed E-state index contributed by atoms with van der Waals surface area (Å²) in [6, 6.07) is 5.43. The Morgan fingerprint density at radius 1 is 0.885 bits per heavy atom. The summed E-state index contributed by atoms with van der Waals surface area (Å²) in [5.41, 5.74) is 1.67. The van der Waals surface area contributed by atoms with Crippen LogP contribution >= 0.6 is 11.6 Å². The Hall–Kier alpha value is -1.22. The van der Waals surface area contributed by atoms with E-state index >= 15 is 0 Å². The highest BCUT2D eigenvalue weighted by atomic mass is 35.5. The van der Waals surface area contributed by atoms with Crippen molar-refractivity contribution in [3.63, 3.8) is 0 Å². The minimum Gasteiger partial charge on any atom is -0.338 e. The van der Waals surface area contributed by atoms with Gasteiger partial charge in [-0.2, -0.15) is 0 Å². The molecule has 0 saturated carbocycles. The molecule has 0 fully saturated rings. The molecule has 0 atom stereocenters. The van der Waals surface area contributed by atoms with E-state index in [-0.39, 0.29) is 6.03 Å². The number of para-hydroxylation sites is 1. The third kappa shape index (κ3) is 10.7. The van der Waals surface area contributed by atoms with Gasteiger partial charge in [-0.1, -0.05) is 101 Å². The second-order valence-electron chi connectivity index (χ2n) is 7.20. The maximum Gasteiger partial charge on any atom is 0.319 e. The average Bonchev–Trinajstić information content (AvgIpc) is 2.62. The minimum absolute atomic E-state index is 0.177. The number of hydrogen-bond acceptors (Lipinski definition) is 1. The van der Waals surface area contributed by atoms with Gasteiger partial charge in [0.15, 0.2) is 0 Å². The van der Waals surface area contributed by atoms with Gasteiger partial charge in [-0.05, 0) is 25.0 Å². The number of halogens is 1. The molecule has 0 unspecified atom stereocenters. The number of carbonyl (C=O) groups excluding carboxylic acids is 1. The van der Waals surface area contributed by atoms with Gasteiger partial charge in [0.05, 0.1) is 10.7 Å². The van der Waals surface area contributed by atoms with Crippen LogP contribution in [0.3, 0.4) is 0 Å². The summed E-state index contributed by atoms with van der Waals surface area (Å²) in [6.45, 7) is 4.92. The fraction of sp³-hybridized carbons (Fsp3) is 0.682. The summed E-state index contributed by atoms with van der Waals surface area (Å²) in [5, 5.41) is 6.33. The van der Waals surface area contributed by atoms with E-state index < -0.39 is 0 Å². The molecule has 148 valence electrons. The fourth-order valence-electron chi connectivity index (χ4n) is 3.12. The number of carbonyl (C=O) groups is 1. The number of urea groups is 1. The van der Waals surface area contributed by atoms with Crippen molar-refractivity contribution in [1.82, 2.24) is 5.32 Å². The van der Waals surface area contributed by atoms with E-state index in [0.717, 1.165) is 12.0 Å². The first-order chi connectivity index (χ1) is 12.6. The first-order valence-electron chi connectivity index (χ1n) is 10.4. The largest absolute Gasteiger partial charge is 0.338 e. The Labute approximate surface area is 165 Å². The summed E-state index contributed by atoms with van der Waals surface area (Å²) in [4.78, 5) is 11.9. The lowest BCUT2D eigenvalue weighted by Gasteiger charge is -2.11. The second kappa shape index (κ2) is 14.9. The molecule has 0 bridgehead atoms. The van der Waals surface area contributed by atoms with Crippen molar-refractivity contribution in [3.05, 3.63) is 28.8 Å². The molecule has 0 radical (unpaired) electrons. The van der Waals surface area contributed by atoms with E-state index in [1.54, 1.807) is 6.07 Å². The number of nitrogens with one attached hydrogen (secondary N) is 2. The normalized spacial score (nSPS) is 10.7. The Morgan fingerprint density at radius 3 is 1.96 bits per heavy atom. The van der Waals surface area contributed by atoms with Crippen molar-refractivity contribution in [3.8, 4) is 0 Å². The zero-order valence-electron chi connectivity index (χ0n) is 16.7. The maximum atomic E-state index is 11.9. The van der Waals surface area contributed by atoms with Crippen molar-refractivity contribution in [1.29, 1.82) is 0 Å². The van der Waals surface area contributed by atoms with E-state index in [9.17, 15) is 4.79 Å². The van der Waals surface area contributed by atoms with Crippen molar-refractivity contribution in [2.45, 2.75) is 90.9 Å². The zero-order chi connectivity index (χ0) is 19.0. The number of aryl methyl sites for hydroxylation is 1. The Morgan fingerprint density at radius 2 is 1.42 bits per heavy atom. The Bertz CT molecular complexity index is 485. The van der Waals surface area contributed by atoms with Crippen LogP contribution < -0.4 is 10.6 Å². The quantitative estimate of drug-likeness (QED) is 0.323. The molecule has 0 aliphatic carbocycles. The summed E-state index contributed by atoms with van der Waals surface area (Å²) in [7, 11) is 0. The third-order valence-corrected chi connectivity index (χ3v) is 5.09. The van der Waals surface area contributed by atoms with Crippen LogP contribution in [0.15, 0.2) is 18.2 Å². The highest BCUT2D eigenvalue weighted by molar-refractivity contribution is 6.33. The van der Waals surface area contributed by atoms with Gasteiger partial charge >= 0.3 is 6.03 Å². The van der Waals surface area contributed by atoms with Gasteiger partial charge in [0.25, 0.3) is 0 Å². The molecule has 1 aromatic rings. The highest BCUT2D eigenvalue weighted by Crippen LogP contribution is 2.24. The SMILES string of the molecule is CCCCCCCCCCCCCCNC(=O)Nc1c(C)cccc1Cl. The Balaban J connectivity index is 1.93. The van der Waals surface area contributed by atoms with Crippen LogP contribution in [0, 0.1) is 6.92 Å². The summed E-state index contributed by atoms with van der Waals surface area (Å²) in [6.07, 6.45) is 15.9. The van der Waals surface area contributed by atoms with Crippen LogP contribution in [0.4, 0.5) is 10.5 Å². The third-order valence-electron chi connectivity index (χ3n) is 4.78. The molecule has 4 heteroatoms. The van der Waals surface area contributed by atoms with E-state index in [1.165, 1.54) is 70.6 Å². The van der Waals surface area contributed by atoms with Gasteiger partial charge < -0.3 is 10.6 Å². The molecule has 0 spiro atoms. The minimum atomic E-state index is -0.177. The molecule has 0 aliphatic heterocycles. The van der Waals surface area contributed by atoms with Crippen LogP contribution in [-0.4, -0.2) is 12.6 Å². The zero-order valence-corrected chi connectivity index (χ0v) is 17.5. The van der Waals surface area contributed by atoms with Gasteiger partial charge in [-0.25, -0.2) is 4.79 Å². The van der Waals surface area contributed by atoms with E-state index in [1.807, 2.05) is 19.1 Å². The van der Waals surface area contributed by atoms with Crippen molar-refractivity contribution >= 4 is 23.3 Å². The molecular weight excluding hydrogens is 344 g/mol. The van der Waals surface area contributed by atoms with E-state index in [4.69, 9.17) is 11.6 Å². The summed E-state index contributed by atoms with van der Waals surface area (Å²) in [5.74, 6) is 0. The topological polar surface area (TPSA) is 41.1 Å². The van der Waals surface area contributed by atoms with Gasteiger partial charge in [0.1, 0.15) is 0 Å². The lowest BCUT2D eigenvalue weighted by molar-refractivity contribution is 0.252. The number of rotatable bonds is 14. The average molecular weight is 381 g/mol. The predicted molar refractivity (Wildman–Crippen MR) is 114 cm³/mol. The number of unbranched alkanes of at least 4 members (excludes halogenated alkanes) is 11. The predicted octanol–water partition coefficient (Wildman–Crippen LogP) is 7.47. The molecule has 0 aromatic heterocycles. The summed E-state index contributed by atoms with van der Waals surface area (Å²) >= 11 is 6.12. The molecule has 1 aromatic carbocycles. The van der Waals surface area contributed by atoms with Gasteiger partial charge in [0, 0.05) is 6.54 Å². The molecule has 3 nitrogen and oxygen atoms in total. The van der Waals surface area contributed by atoms with Crippen LogP contribution in [0.5, 0.6) is 0 Å². The first-order valence-corrected chi connectivity index (χ1v) is 10.8. The first kappa shape index (κ1) is 22.8. The number of amides is 2. The molecule has 26 heavy (non-hydrogen) atoms. The molecule has 2 amide bonds. The molecule has 2 N–H and O–H groups in total. The van der Waals surface area contributed by atoms with Crippen molar-refractivity contribution in [2.24, 2.45) is 0 Å². The Kier molecular flexibility index (Phi) is 13.1. The van der Waals surface area contributed by atoms with E-state index in [2.05, 4.69) is 17.6 Å². The van der Waals surface area contributed by atoms with Gasteiger partial charge in [0.2, 0.25) is 0 Å². The van der Waals surface area contributed by atoms with E-state index in [0.29, 0.717) is 17.3 Å². The molecular formula is C22H37ClN2O. The molecule has 0 heterocycles. The molecule has 1 rings (SSSR count). The maximum absolute atomic E-state index is 11.9.